The lowest BCUT2D eigenvalue weighted by Crippen LogP contribution is -2.73. The van der Waals surface area contributed by atoms with Gasteiger partial charge in [-0.05, 0) is 68.4 Å². The Morgan fingerprint density at radius 3 is 2.42 bits per heavy atom. The van der Waals surface area contributed by atoms with Gasteiger partial charge >= 0.3 is 6.09 Å². The van der Waals surface area contributed by atoms with E-state index in [9.17, 15) is 23.6 Å². The Balaban J connectivity index is 1.25. The number of likely N-dealkylation sites (tertiary alicyclic amines) is 1. The minimum absolute atomic E-state index is 0.102. The Morgan fingerprint density at radius 1 is 1.05 bits per heavy atom. The molecular formula is C30H37FN4O5. The summed E-state index contributed by atoms with van der Waals surface area (Å²) in [5.41, 5.74) is 0.322. The molecule has 2 heterocycles. The molecule has 0 unspecified atom stereocenters. The summed E-state index contributed by atoms with van der Waals surface area (Å²) >= 11 is 0. The number of nitrogens with one attached hydrogen (secondary N) is 2. The van der Waals surface area contributed by atoms with Crippen LogP contribution >= 0.6 is 0 Å². The van der Waals surface area contributed by atoms with E-state index in [1.807, 2.05) is 37.3 Å². The van der Waals surface area contributed by atoms with Gasteiger partial charge in [-0.3, -0.25) is 14.4 Å². The summed E-state index contributed by atoms with van der Waals surface area (Å²) in [6.07, 6.45) is 2.66. The van der Waals surface area contributed by atoms with Gasteiger partial charge in [0.1, 0.15) is 24.0 Å². The number of carbonyl (C=O) groups is 4. The van der Waals surface area contributed by atoms with Crippen molar-refractivity contribution in [2.45, 2.75) is 63.6 Å². The third-order valence-electron chi connectivity index (χ3n) is 7.63. The van der Waals surface area contributed by atoms with E-state index in [1.165, 1.54) is 24.3 Å². The molecule has 1 atom stereocenters. The van der Waals surface area contributed by atoms with Gasteiger partial charge in [-0.25, -0.2) is 9.18 Å². The number of hydrogen-bond donors (Lipinski definition) is 2. The van der Waals surface area contributed by atoms with Gasteiger partial charge < -0.3 is 25.2 Å². The third-order valence-corrected chi connectivity index (χ3v) is 7.63. The van der Waals surface area contributed by atoms with E-state index in [-0.39, 0.29) is 24.3 Å². The molecule has 214 valence electrons. The molecule has 1 spiro atoms. The highest BCUT2D eigenvalue weighted by Gasteiger charge is 2.53. The lowest BCUT2D eigenvalue weighted by atomic mass is 9.81. The molecular weight excluding hydrogens is 515 g/mol. The molecule has 10 heteroatoms. The van der Waals surface area contributed by atoms with E-state index in [2.05, 4.69) is 10.6 Å². The van der Waals surface area contributed by atoms with Crippen molar-refractivity contribution in [1.82, 2.24) is 20.4 Å². The average molecular weight is 553 g/mol. The fourth-order valence-corrected chi connectivity index (χ4v) is 5.41. The number of ether oxygens (including phenoxy) is 1. The number of rotatable bonds is 10. The second-order valence-electron chi connectivity index (χ2n) is 10.3. The van der Waals surface area contributed by atoms with Crippen LogP contribution in [0.1, 0.15) is 61.4 Å². The summed E-state index contributed by atoms with van der Waals surface area (Å²) in [6.45, 7) is 3.69. The predicted molar refractivity (Wildman–Crippen MR) is 147 cm³/mol. The van der Waals surface area contributed by atoms with E-state index in [1.54, 1.807) is 9.80 Å². The predicted octanol–water partition coefficient (Wildman–Crippen LogP) is 3.63. The van der Waals surface area contributed by atoms with Crippen LogP contribution in [-0.2, 0) is 20.9 Å². The zero-order valence-electron chi connectivity index (χ0n) is 22.9. The SMILES string of the molecule is CCCN1C(=O)[C@H](CCCCNC(=O)OCc2ccccc2)NC(=O)C12CCN(C(=O)c1ccc(F)cc1)CC2. The summed E-state index contributed by atoms with van der Waals surface area (Å²) in [4.78, 5) is 55.1. The Bertz CT molecular complexity index is 1180. The highest BCUT2D eigenvalue weighted by Crippen LogP contribution is 2.34. The van der Waals surface area contributed by atoms with E-state index in [0.717, 1.165) is 5.56 Å². The van der Waals surface area contributed by atoms with Crippen LogP contribution in [0.2, 0.25) is 0 Å². The first-order valence-electron chi connectivity index (χ1n) is 14.0. The van der Waals surface area contributed by atoms with Gasteiger partial charge in [0.2, 0.25) is 11.8 Å². The van der Waals surface area contributed by atoms with Gasteiger partial charge in [0.15, 0.2) is 0 Å². The van der Waals surface area contributed by atoms with Crippen molar-refractivity contribution in [3.8, 4) is 0 Å². The molecule has 2 aromatic rings. The number of benzene rings is 2. The maximum absolute atomic E-state index is 13.5. The second-order valence-corrected chi connectivity index (χ2v) is 10.3. The molecule has 2 aliphatic heterocycles. The van der Waals surface area contributed by atoms with Crippen molar-refractivity contribution in [2.24, 2.45) is 0 Å². The van der Waals surface area contributed by atoms with Crippen LogP contribution in [0.5, 0.6) is 0 Å². The van der Waals surface area contributed by atoms with Crippen LogP contribution in [-0.4, -0.2) is 71.4 Å². The number of amides is 4. The van der Waals surface area contributed by atoms with Gasteiger partial charge in [0.05, 0.1) is 0 Å². The van der Waals surface area contributed by atoms with Crippen molar-refractivity contribution < 1.29 is 28.3 Å². The molecule has 0 saturated carbocycles. The van der Waals surface area contributed by atoms with E-state index in [0.29, 0.717) is 70.3 Å². The summed E-state index contributed by atoms with van der Waals surface area (Å²) in [7, 11) is 0. The van der Waals surface area contributed by atoms with E-state index in [4.69, 9.17) is 4.74 Å². The molecule has 2 aromatic carbocycles. The molecule has 0 aliphatic carbocycles. The number of piperazine rings is 1. The molecule has 2 fully saturated rings. The maximum atomic E-state index is 13.5. The Kier molecular flexibility index (Phi) is 9.74. The smallest absolute Gasteiger partial charge is 0.407 e. The zero-order valence-corrected chi connectivity index (χ0v) is 22.9. The van der Waals surface area contributed by atoms with Gasteiger partial charge in [0.25, 0.3) is 5.91 Å². The number of carbonyl (C=O) groups excluding carboxylic acids is 4. The van der Waals surface area contributed by atoms with E-state index >= 15 is 0 Å². The first-order chi connectivity index (χ1) is 19.3. The Morgan fingerprint density at radius 2 is 1.75 bits per heavy atom. The van der Waals surface area contributed by atoms with Crippen molar-refractivity contribution in [3.63, 3.8) is 0 Å². The first-order valence-corrected chi connectivity index (χ1v) is 14.0. The summed E-state index contributed by atoms with van der Waals surface area (Å²) in [6, 6.07) is 14.2. The highest BCUT2D eigenvalue weighted by molar-refractivity contribution is 6.00. The number of hydrogen-bond acceptors (Lipinski definition) is 5. The Hall–Kier alpha value is -3.95. The molecule has 0 radical (unpaired) electrons. The molecule has 2 N–H and O–H groups in total. The van der Waals surface area contributed by atoms with Crippen LogP contribution < -0.4 is 10.6 Å². The molecule has 9 nitrogen and oxygen atoms in total. The number of unbranched alkanes of at least 4 members (excludes halogenated alkanes) is 1. The third kappa shape index (κ3) is 6.78. The lowest BCUT2D eigenvalue weighted by molar-refractivity contribution is -0.161. The minimum Gasteiger partial charge on any atom is -0.445 e. The topological polar surface area (TPSA) is 108 Å². The first kappa shape index (κ1) is 29.0. The lowest BCUT2D eigenvalue weighted by Gasteiger charge is -2.51. The average Bonchev–Trinajstić information content (AvgIpc) is 2.97. The van der Waals surface area contributed by atoms with Gasteiger partial charge in [-0.1, -0.05) is 37.3 Å². The van der Waals surface area contributed by atoms with Crippen LogP contribution in [0, 0.1) is 5.82 Å². The largest absolute Gasteiger partial charge is 0.445 e. The van der Waals surface area contributed by atoms with Crippen molar-refractivity contribution in [3.05, 3.63) is 71.5 Å². The standard InChI is InChI=1S/C30H37FN4O5/c1-2-18-35-27(37)25(10-6-7-17-32-29(39)40-21-22-8-4-3-5-9-22)33-28(38)30(35)15-19-34(20-16-30)26(36)23-11-13-24(31)14-12-23/h3-5,8-9,11-14,25H,2,6-7,10,15-21H2,1H3,(H,32,39)(H,33,38)/t25-/m0/s1. The number of alkyl carbamates (subject to hydrolysis) is 1. The molecule has 2 saturated heterocycles. The molecule has 40 heavy (non-hydrogen) atoms. The monoisotopic (exact) mass is 552 g/mol. The summed E-state index contributed by atoms with van der Waals surface area (Å²) in [5, 5.41) is 5.67. The fraction of sp³-hybridized carbons (Fsp3) is 0.467. The maximum Gasteiger partial charge on any atom is 0.407 e. The van der Waals surface area contributed by atoms with Gasteiger partial charge in [-0.15, -0.1) is 0 Å². The molecule has 0 bridgehead atoms. The summed E-state index contributed by atoms with van der Waals surface area (Å²) in [5.74, 6) is -0.902. The van der Waals surface area contributed by atoms with Crippen LogP contribution in [0.15, 0.2) is 54.6 Å². The van der Waals surface area contributed by atoms with Crippen molar-refractivity contribution >= 4 is 23.8 Å². The molecule has 4 rings (SSSR count). The minimum atomic E-state index is -0.979. The van der Waals surface area contributed by atoms with Crippen LogP contribution in [0.4, 0.5) is 9.18 Å². The zero-order chi connectivity index (χ0) is 28.5. The van der Waals surface area contributed by atoms with Crippen LogP contribution in [0.3, 0.4) is 0 Å². The van der Waals surface area contributed by atoms with Gasteiger partial charge in [0, 0.05) is 31.7 Å². The van der Waals surface area contributed by atoms with Crippen molar-refractivity contribution in [2.75, 3.05) is 26.2 Å². The molecule has 4 amide bonds. The normalized spacial score (nSPS) is 18.4. The van der Waals surface area contributed by atoms with Crippen molar-refractivity contribution in [1.29, 1.82) is 0 Å². The van der Waals surface area contributed by atoms with Crippen LogP contribution in [0.25, 0.3) is 0 Å². The number of halogens is 1. The number of piperidine rings is 1. The van der Waals surface area contributed by atoms with Gasteiger partial charge in [-0.2, -0.15) is 0 Å². The van der Waals surface area contributed by atoms with E-state index < -0.39 is 23.5 Å². The summed E-state index contributed by atoms with van der Waals surface area (Å²) < 4.78 is 18.5. The molecule has 0 aromatic heterocycles. The highest BCUT2D eigenvalue weighted by atomic mass is 19.1. The quantitative estimate of drug-likeness (QED) is 0.438. The second kappa shape index (κ2) is 13.4. The molecule has 2 aliphatic rings. The number of nitrogens with zero attached hydrogens (tertiary/aromatic N) is 2. The Labute approximate surface area is 234 Å². The fourth-order valence-electron chi connectivity index (χ4n) is 5.41.